The van der Waals surface area contributed by atoms with Crippen molar-refractivity contribution < 1.29 is 4.79 Å². The van der Waals surface area contributed by atoms with Crippen LogP contribution < -0.4 is 5.73 Å². The summed E-state index contributed by atoms with van der Waals surface area (Å²) in [6.07, 6.45) is 3.30. The molecule has 94 valence electrons. The molecule has 0 saturated heterocycles. The minimum Gasteiger partial charge on any atom is -0.340 e. The van der Waals surface area contributed by atoms with Gasteiger partial charge in [-0.1, -0.05) is 18.2 Å². The van der Waals surface area contributed by atoms with E-state index in [9.17, 15) is 4.79 Å². The molecule has 0 unspecified atom stereocenters. The van der Waals surface area contributed by atoms with Crippen molar-refractivity contribution in [3.8, 4) is 5.69 Å². The first-order chi connectivity index (χ1) is 8.72. The van der Waals surface area contributed by atoms with E-state index in [2.05, 4.69) is 5.10 Å². The molecule has 0 spiro atoms. The predicted molar refractivity (Wildman–Crippen MR) is 69.6 cm³/mol. The van der Waals surface area contributed by atoms with Gasteiger partial charge in [-0.25, -0.2) is 4.68 Å². The van der Waals surface area contributed by atoms with Gasteiger partial charge in [0.15, 0.2) is 0 Å². The number of carbonyl (C=O) groups excluding carboxylic acids is 1. The second-order valence-electron chi connectivity index (χ2n) is 4.02. The van der Waals surface area contributed by atoms with Crippen LogP contribution >= 0.6 is 0 Å². The van der Waals surface area contributed by atoms with Crippen molar-refractivity contribution in [1.82, 2.24) is 14.7 Å². The second kappa shape index (κ2) is 5.46. The van der Waals surface area contributed by atoms with Crippen molar-refractivity contribution in [2.45, 2.75) is 0 Å². The second-order valence-corrected chi connectivity index (χ2v) is 4.02. The van der Waals surface area contributed by atoms with E-state index in [1.165, 1.54) is 0 Å². The number of nitrogens with two attached hydrogens (primary N) is 1. The van der Waals surface area contributed by atoms with Gasteiger partial charge in [-0.3, -0.25) is 4.79 Å². The molecule has 18 heavy (non-hydrogen) atoms. The van der Waals surface area contributed by atoms with E-state index in [0.717, 1.165) is 5.69 Å². The molecule has 1 aromatic heterocycles. The fraction of sp³-hybridized carbons (Fsp3) is 0.231. The highest BCUT2D eigenvalue weighted by Gasteiger charge is 2.13. The van der Waals surface area contributed by atoms with Crippen molar-refractivity contribution in [1.29, 1.82) is 0 Å². The number of amides is 1. The van der Waals surface area contributed by atoms with Gasteiger partial charge in [0.2, 0.25) is 0 Å². The predicted octanol–water partition coefficient (Wildman–Crippen LogP) is 0.903. The maximum absolute atomic E-state index is 12.0. The van der Waals surface area contributed by atoms with E-state index in [-0.39, 0.29) is 5.91 Å². The zero-order valence-corrected chi connectivity index (χ0v) is 10.3. The first-order valence-electron chi connectivity index (χ1n) is 5.78. The molecule has 0 radical (unpaired) electrons. The maximum atomic E-state index is 12.0. The molecule has 2 rings (SSSR count). The van der Waals surface area contributed by atoms with E-state index in [4.69, 9.17) is 5.73 Å². The van der Waals surface area contributed by atoms with Crippen LogP contribution in [0.4, 0.5) is 0 Å². The number of aromatic nitrogens is 2. The van der Waals surface area contributed by atoms with Gasteiger partial charge in [-0.05, 0) is 12.1 Å². The molecule has 1 aromatic carbocycles. The molecule has 2 aromatic rings. The SMILES string of the molecule is CN(CCN)C(=O)c1cnn(-c2ccccc2)c1. The Bertz CT molecular complexity index is 521. The highest BCUT2D eigenvalue weighted by molar-refractivity contribution is 5.93. The molecule has 1 heterocycles. The molecule has 5 nitrogen and oxygen atoms in total. The topological polar surface area (TPSA) is 64.2 Å². The van der Waals surface area contributed by atoms with E-state index in [1.807, 2.05) is 30.3 Å². The van der Waals surface area contributed by atoms with Crippen molar-refractivity contribution in [2.24, 2.45) is 5.73 Å². The number of likely N-dealkylation sites (N-methyl/N-ethyl adjacent to an activating group) is 1. The molecule has 0 aliphatic carbocycles. The Kier molecular flexibility index (Phi) is 3.74. The largest absolute Gasteiger partial charge is 0.340 e. The van der Waals surface area contributed by atoms with Crippen LogP contribution in [0.1, 0.15) is 10.4 Å². The average Bonchev–Trinajstić information content (AvgIpc) is 2.89. The third-order valence-corrected chi connectivity index (χ3v) is 2.66. The smallest absolute Gasteiger partial charge is 0.256 e. The number of carbonyl (C=O) groups is 1. The summed E-state index contributed by atoms with van der Waals surface area (Å²) in [4.78, 5) is 13.6. The summed E-state index contributed by atoms with van der Waals surface area (Å²) in [5, 5.41) is 4.19. The molecular formula is C13H16N4O. The van der Waals surface area contributed by atoms with Gasteiger partial charge in [0, 0.05) is 26.3 Å². The van der Waals surface area contributed by atoms with Gasteiger partial charge in [-0.15, -0.1) is 0 Å². The van der Waals surface area contributed by atoms with E-state index < -0.39 is 0 Å². The van der Waals surface area contributed by atoms with Crippen LogP contribution in [0.15, 0.2) is 42.7 Å². The number of hydrogen-bond donors (Lipinski definition) is 1. The lowest BCUT2D eigenvalue weighted by Crippen LogP contribution is -2.31. The summed E-state index contributed by atoms with van der Waals surface area (Å²) >= 11 is 0. The number of hydrogen-bond acceptors (Lipinski definition) is 3. The van der Waals surface area contributed by atoms with E-state index in [1.54, 1.807) is 29.0 Å². The summed E-state index contributed by atoms with van der Waals surface area (Å²) < 4.78 is 1.68. The van der Waals surface area contributed by atoms with Crippen LogP contribution in [0.5, 0.6) is 0 Å². The minimum absolute atomic E-state index is 0.0670. The Morgan fingerprint density at radius 1 is 1.39 bits per heavy atom. The minimum atomic E-state index is -0.0670. The van der Waals surface area contributed by atoms with Crippen LogP contribution in [0.3, 0.4) is 0 Å². The van der Waals surface area contributed by atoms with Crippen molar-refractivity contribution in [2.75, 3.05) is 20.1 Å². The van der Waals surface area contributed by atoms with Crippen molar-refractivity contribution in [3.63, 3.8) is 0 Å². The molecule has 1 amide bonds. The Morgan fingerprint density at radius 3 is 2.78 bits per heavy atom. The molecule has 0 fully saturated rings. The normalized spacial score (nSPS) is 10.3. The van der Waals surface area contributed by atoms with Crippen LogP contribution in [0.2, 0.25) is 0 Å². The average molecular weight is 244 g/mol. The first kappa shape index (κ1) is 12.3. The van der Waals surface area contributed by atoms with Gasteiger partial charge in [0.1, 0.15) is 0 Å². The molecule has 0 bridgehead atoms. The lowest BCUT2D eigenvalue weighted by molar-refractivity contribution is 0.0799. The number of para-hydroxylation sites is 1. The fourth-order valence-corrected chi connectivity index (χ4v) is 1.67. The number of nitrogens with zero attached hydrogens (tertiary/aromatic N) is 3. The Labute approximate surface area is 106 Å². The Hall–Kier alpha value is -2.14. The Morgan fingerprint density at radius 2 is 2.11 bits per heavy atom. The lowest BCUT2D eigenvalue weighted by Gasteiger charge is -2.14. The molecular weight excluding hydrogens is 228 g/mol. The molecule has 2 N–H and O–H groups in total. The van der Waals surface area contributed by atoms with Gasteiger partial charge in [-0.2, -0.15) is 5.10 Å². The third-order valence-electron chi connectivity index (χ3n) is 2.66. The zero-order valence-electron chi connectivity index (χ0n) is 10.3. The molecule has 5 heteroatoms. The van der Waals surface area contributed by atoms with Crippen LogP contribution in [0, 0.1) is 0 Å². The lowest BCUT2D eigenvalue weighted by atomic mass is 10.3. The van der Waals surface area contributed by atoms with Gasteiger partial charge >= 0.3 is 0 Å². The number of rotatable bonds is 4. The summed E-state index contributed by atoms with van der Waals surface area (Å²) in [5.74, 6) is -0.0670. The van der Waals surface area contributed by atoms with E-state index in [0.29, 0.717) is 18.7 Å². The van der Waals surface area contributed by atoms with Crippen molar-refractivity contribution in [3.05, 3.63) is 48.3 Å². The molecule has 0 aliphatic heterocycles. The molecule has 0 aliphatic rings. The standard InChI is InChI=1S/C13H16N4O/c1-16(8-7-14)13(18)11-9-15-17(10-11)12-5-3-2-4-6-12/h2-6,9-10H,7-8,14H2,1H3. The Balaban J connectivity index is 2.18. The molecule has 0 saturated carbocycles. The number of benzene rings is 1. The monoisotopic (exact) mass is 244 g/mol. The fourth-order valence-electron chi connectivity index (χ4n) is 1.67. The van der Waals surface area contributed by atoms with Crippen LogP contribution in [-0.2, 0) is 0 Å². The summed E-state index contributed by atoms with van der Waals surface area (Å²) in [6, 6.07) is 9.67. The summed E-state index contributed by atoms with van der Waals surface area (Å²) in [5.41, 5.74) is 6.92. The summed E-state index contributed by atoms with van der Waals surface area (Å²) in [7, 11) is 1.73. The van der Waals surface area contributed by atoms with Crippen LogP contribution in [0.25, 0.3) is 5.69 Å². The highest BCUT2D eigenvalue weighted by Crippen LogP contribution is 2.08. The molecule has 0 atom stereocenters. The summed E-state index contributed by atoms with van der Waals surface area (Å²) in [6.45, 7) is 0.990. The van der Waals surface area contributed by atoms with Gasteiger partial charge < -0.3 is 10.6 Å². The van der Waals surface area contributed by atoms with Gasteiger partial charge in [0.25, 0.3) is 5.91 Å². The van der Waals surface area contributed by atoms with Gasteiger partial charge in [0.05, 0.1) is 17.4 Å². The highest BCUT2D eigenvalue weighted by atomic mass is 16.2. The van der Waals surface area contributed by atoms with E-state index >= 15 is 0 Å². The maximum Gasteiger partial charge on any atom is 0.256 e. The quantitative estimate of drug-likeness (QED) is 0.869. The van der Waals surface area contributed by atoms with Crippen molar-refractivity contribution >= 4 is 5.91 Å². The zero-order chi connectivity index (χ0) is 13.0. The van der Waals surface area contributed by atoms with Crippen LogP contribution in [-0.4, -0.2) is 40.7 Å². The third kappa shape index (κ3) is 2.57. The first-order valence-corrected chi connectivity index (χ1v) is 5.78.